The zero-order chi connectivity index (χ0) is 11.8. The number of aromatic nitrogens is 2. The molecule has 1 aromatic heterocycles. The lowest BCUT2D eigenvalue weighted by Gasteiger charge is -2.08. The Labute approximate surface area is 124 Å². The molecule has 1 aromatic rings. The highest BCUT2D eigenvalue weighted by Gasteiger charge is 2.00. The van der Waals surface area contributed by atoms with Gasteiger partial charge in [-0.05, 0) is 33.5 Å². The Balaban J connectivity index is 0.00000256. The number of thiol groups is 1. The Hall–Kier alpha value is 0.510. The Kier molecular flexibility index (Phi) is 10.7. The quantitative estimate of drug-likeness (QED) is 0.452. The lowest BCUT2D eigenvalue weighted by molar-refractivity contribution is 0.391. The molecule has 0 aliphatic carbocycles. The van der Waals surface area contributed by atoms with Crippen molar-refractivity contribution in [2.24, 2.45) is 0 Å². The predicted molar refractivity (Wildman–Crippen MR) is 82.2 cm³/mol. The molecule has 0 saturated heterocycles. The summed E-state index contributed by atoms with van der Waals surface area (Å²) in [6.45, 7) is 1.20. The highest BCUT2D eigenvalue weighted by molar-refractivity contribution is 8.01. The van der Waals surface area contributed by atoms with Crippen molar-refractivity contribution in [3.05, 3.63) is 0 Å². The van der Waals surface area contributed by atoms with Crippen LogP contribution in [0.1, 0.15) is 25.7 Å². The van der Waals surface area contributed by atoms with Crippen molar-refractivity contribution in [1.82, 2.24) is 15.1 Å². The van der Waals surface area contributed by atoms with Crippen LogP contribution in [0.4, 0.5) is 0 Å². The SMILES string of the molecule is CN(C)CCCCCCSc1nnc(S)s1.Cl. The van der Waals surface area contributed by atoms with Gasteiger partial charge in [0.2, 0.25) is 0 Å². The zero-order valence-corrected chi connectivity index (χ0v) is 13.6. The number of nitrogens with zero attached hydrogens (tertiary/aromatic N) is 3. The van der Waals surface area contributed by atoms with Crippen molar-refractivity contribution in [1.29, 1.82) is 0 Å². The van der Waals surface area contributed by atoms with Gasteiger partial charge in [0.05, 0.1) is 0 Å². The lowest BCUT2D eigenvalue weighted by Crippen LogP contribution is -2.12. The number of hydrogen-bond acceptors (Lipinski definition) is 6. The third-order valence-electron chi connectivity index (χ3n) is 2.12. The smallest absolute Gasteiger partial charge is 0.175 e. The van der Waals surface area contributed by atoms with E-state index < -0.39 is 0 Å². The molecular formula is C10H20ClN3S3. The molecule has 0 aromatic carbocycles. The fourth-order valence-corrected chi connectivity index (χ4v) is 3.46. The molecule has 0 saturated carbocycles. The maximum Gasteiger partial charge on any atom is 0.175 e. The molecule has 0 radical (unpaired) electrons. The second kappa shape index (κ2) is 10.4. The third kappa shape index (κ3) is 9.13. The molecule has 0 atom stereocenters. The Morgan fingerprint density at radius 1 is 1.18 bits per heavy atom. The van der Waals surface area contributed by atoms with E-state index in [-0.39, 0.29) is 12.4 Å². The summed E-state index contributed by atoms with van der Waals surface area (Å²) < 4.78 is 1.80. The van der Waals surface area contributed by atoms with Gasteiger partial charge in [-0.3, -0.25) is 0 Å². The van der Waals surface area contributed by atoms with Crippen LogP contribution in [0.15, 0.2) is 8.68 Å². The molecule has 0 aliphatic rings. The van der Waals surface area contributed by atoms with Crippen molar-refractivity contribution < 1.29 is 0 Å². The van der Waals surface area contributed by atoms with Crippen molar-refractivity contribution in [3.63, 3.8) is 0 Å². The molecule has 3 nitrogen and oxygen atoms in total. The van der Waals surface area contributed by atoms with Crippen LogP contribution < -0.4 is 0 Å². The standard InChI is InChI=1S/C10H19N3S3.ClH/c1-13(2)7-5-3-4-6-8-15-10-12-11-9(14)16-10;/h3-8H2,1-2H3,(H,11,14);1H. The van der Waals surface area contributed by atoms with E-state index in [1.807, 2.05) is 0 Å². The van der Waals surface area contributed by atoms with E-state index in [0.29, 0.717) is 0 Å². The topological polar surface area (TPSA) is 29.0 Å². The van der Waals surface area contributed by atoms with Crippen molar-refractivity contribution in [3.8, 4) is 0 Å². The van der Waals surface area contributed by atoms with E-state index in [1.165, 1.54) is 32.2 Å². The molecule has 0 fully saturated rings. The van der Waals surface area contributed by atoms with Gasteiger partial charge in [0.15, 0.2) is 8.68 Å². The van der Waals surface area contributed by atoms with Crippen molar-refractivity contribution in [2.45, 2.75) is 34.4 Å². The Morgan fingerprint density at radius 2 is 1.88 bits per heavy atom. The van der Waals surface area contributed by atoms with Crippen LogP contribution in [-0.2, 0) is 0 Å². The molecule has 0 bridgehead atoms. The Bertz CT molecular complexity index is 294. The summed E-state index contributed by atoms with van der Waals surface area (Å²) in [6, 6.07) is 0. The van der Waals surface area contributed by atoms with E-state index in [0.717, 1.165) is 14.4 Å². The number of thioether (sulfide) groups is 1. The molecule has 100 valence electrons. The van der Waals surface area contributed by atoms with Gasteiger partial charge in [0, 0.05) is 5.75 Å². The molecule has 0 N–H and O–H groups in total. The minimum Gasteiger partial charge on any atom is -0.309 e. The third-order valence-corrected chi connectivity index (χ3v) is 4.43. The Morgan fingerprint density at radius 3 is 2.47 bits per heavy atom. The number of rotatable bonds is 8. The van der Waals surface area contributed by atoms with Crippen LogP contribution >= 0.6 is 48.1 Å². The fraction of sp³-hybridized carbons (Fsp3) is 0.800. The van der Waals surface area contributed by atoms with Crippen molar-refractivity contribution >= 4 is 48.1 Å². The number of unbranched alkanes of at least 4 members (excludes halogenated alkanes) is 3. The maximum absolute atomic E-state index is 4.14. The number of halogens is 1. The molecular weight excluding hydrogens is 294 g/mol. The normalized spacial score (nSPS) is 10.6. The van der Waals surface area contributed by atoms with Crippen molar-refractivity contribution in [2.75, 3.05) is 26.4 Å². The summed E-state index contributed by atoms with van der Waals surface area (Å²) in [4.78, 5) is 2.24. The van der Waals surface area contributed by atoms with Crippen LogP contribution in [0.25, 0.3) is 0 Å². The summed E-state index contributed by atoms with van der Waals surface area (Å²) in [6.07, 6.45) is 5.21. The molecule has 0 spiro atoms. The van der Waals surface area contributed by atoms with Gasteiger partial charge in [0.1, 0.15) is 0 Å². The van der Waals surface area contributed by atoms with Gasteiger partial charge in [-0.1, -0.05) is 35.9 Å². The summed E-state index contributed by atoms with van der Waals surface area (Å²) in [7, 11) is 4.25. The largest absolute Gasteiger partial charge is 0.309 e. The molecule has 17 heavy (non-hydrogen) atoms. The first-order chi connectivity index (χ1) is 7.68. The van der Waals surface area contributed by atoms with E-state index in [2.05, 4.69) is 41.8 Å². The van der Waals surface area contributed by atoms with Gasteiger partial charge in [-0.25, -0.2) is 0 Å². The maximum atomic E-state index is 4.14. The molecule has 0 aliphatic heterocycles. The molecule has 0 amide bonds. The highest BCUT2D eigenvalue weighted by Crippen LogP contribution is 2.25. The zero-order valence-electron chi connectivity index (χ0n) is 10.3. The summed E-state index contributed by atoms with van der Waals surface area (Å²) in [5.74, 6) is 1.14. The average Bonchev–Trinajstić information content (AvgIpc) is 2.62. The highest BCUT2D eigenvalue weighted by atomic mass is 35.5. The minimum absolute atomic E-state index is 0. The van der Waals surface area contributed by atoms with Gasteiger partial charge >= 0.3 is 0 Å². The molecule has 1 heterocycles. The van der Waals surface area contributed by atoms with E-state index >= 15 is 0 Å². The van der Waals surface area contributed by atoms with Crippen LogP contribution in [-0.4, -0.2) is 41.5 Å². The monoisotopic (exact) mass is 313 g/mol. The average molecular weight is 314 g/mol. The molecule has 1 rings (SSSR count). The first kappa shape index (κ1) is 17.5. The lowest BCUT2D eigenvalue weighted by atomic mass is 10.2. The summed E-state index contributed by atoms with van der Waals surface area (Å²) in [5.41, 5.74) is 0. The second-order valence-corrected chi connectivity index (χ2v) is 6.96. The fourth-order valence-electron chi connectivity index (χ4n) is 1.30. The van der Waals surface area contributed by atoms with Gasteiger partial charge in [0.25, 0.3) is 0 Å². The first-order valence-corrected chi connectivity index (χ1v) is 7.73. The van der Waals surface area contributed by atoms with Crippen LogP contribution in [0, 0.1) is 0 Å². The first-order valence-electron chi connectivity index (χ1n) is 5.48. The summed E-state index contributed by atoms with van der Waals surface area (Å²) in [5, 5.41) is 7.89. The van der Waals surface area contributed by atoms with Crippen LogP contribution in [0.5, 0.6) is 0 Å². The predicted octanol–water partition coefficient (Wildman–Crippen LogP) is 3.46. The van der Waals surface area contributed by atoms with E-state index in [4.69, 9.17) is 0 Å². The second-order valence-electron chi connectivity index (χ2n) is 3.92. The van der Waals surface area contributed by atoms with Gasteiger partial charge in [-0.15, -0.1) is 35.2 Å². The van der Waals surface area contributed by atoms with Crippen LogP contribution in [0.2, 0.25) is 0 Å². The summed E-state index contributed by atoms with van der Waals surface area (Å²) >= 11 is 7.49. The minimum atomic E-state index is 0. The van der Waals surface area contributed by atoms with E-state index in [1.54, 1.807) is 23.1 Å². The van der Waals surface area contributed by atoms with Gasteiger partial charge < -0.3 is 4.90 Å². The molecule has 7 heteroatoms. The van der Waals surface area contributed by atoms with Crippen LogP contribution in [0.3, 0.4) is 0 Å². The number of hydrogen-bond donors (Lipinski definition) is 1. The van der Waals surface area contributed by atoms with Gasteiger partial charge in [-0.2, -0.15) is 0 Å². The molecule has 0 unspecified atom stereocenters. The van der Waals surface area contributed by atoms with E-state index in [9.17, 15) is 0 Å².